The van der Waals surface area contributed by atoms with Gasteiger partial charge in [0.25, 0.3) is 0 Å². The molecule has 0 saturated carbocycles. The summed E-state index contributed by atoms with van der Waals surface area (Å²) in [7, 11) is 3.82. The minimum atomic E-state index is -0.789. The van der Waals surface area contributed by atoms with Gasteiger partial charge in [-0.15, -0.1) is 0 Å². The standard InChI is InChI=1S/C10H24N4O2/c1-8(5-9(11)13-16)12-6-10(2,15)7-14(3)4/h8,12,15-16H,5-7H2,1-4H3,(H2,11,13). The van der Waals surface area contributed by atoms with Crippen molar-refractivity contribution in [1.82, 2.24) is 10.2 Å². The fourth-order valence-electron chi connectivity index (χ4n) is 1.56. The number of aliphatic hydroxyl groups is 1. The van der Waals surface area contributed by atoms with Crippen molar-refractivity contribution in [2.75, 3.05) is 27.2 Å². The molecule has 2 atom stereocenters. The molecule has 0 aliphatic heterocycles. The van der Waals surface area contributed by atoms with Gasteiger partial charge in [-0.25, -0.2) is 0 Å². The van der Waals surface area contributed by atoms with Gasteiger partial charge in [-0.05, 0) is 27.9 Å². The number of likely N-dealkylation sites (N-methyl/N-ethyl adjacent to an activating group) is 1. The second-order valence-corrected chi connectivity index (χ2v) is 4.81. The van der Waals surface area contributed by atoms with Crippen LogP contribution in [0.4, 0.5) is 0 Å². The van der Waals surface area contributed by atoms with E-state index in [0.29, 0.717) is 19.5 Å². The van der Waals surface area contributed by atoms with Gasteiger partial charge in [0.1, 0.15) is 5.84 Å². The smallest absolute Gasteiger partial charge is 0.140 e. The maximum absolute atomic E-state index is 10.0. The second-order valence-electron chi connectivity index (χ2n) is 4.81. The maximum atomic E-state index is 10.0. The Morgan fingerprint density at radius 3 is 2.56 bits per heavy atom. The number of amidine groups is 1. The zero-order chi connectivity index (χ0) is 12.8. The van der Waals surface area contributed by atoms with E-state index < -0.39 is 5.60 Å². The van der Waals surface area contributed by atoms with Crippen LogP contribution in [0.3, 0.4) is 0 Å². The predicted molar refractivity (Wildman–Crippen MR) is 64.7 cm³/mol. The highest BCUT2D eigenvalue weighted by Crippen LogP contribution is 2.03. The number of hydrogen-bond donors (Lipinski definition) is 4. The molecule has 0 aliphatic rings. The Morgan fingerprint density at radius 1 is 1.56 bits per heavy atom. The van der Waals surface area contributed by atoms with E-state index in [0.717, 1.165) is 0 Å². The highest BCUT2D eigenvalue weighted by Gasteiger charge is 2.21. The van der Waals surface area contributed by atoms with Crippen molar-refractivity contribution in [2.45, 2.75) is 31.9 Å². The first-order valence-corrected chi connectivity index (χ1v) is 5.34. The van der Waals surface area contributed by atoms with Crippen LogP contribution >= 0.6 is 0 Å². The monoisotopic (exact) mass is 232 g/mol. The van der Waals surface area contributed by atoms with Crippen LogP contribution in [0.15, 0.2) is 5.16 Å². The molecule has 0 aliphatic carbocycles. The van der Waals surface area contributed by atoms with Crippen LogP contribution in [-0.4, -0.2) is 59.9 Å². The summed E-state index contributed by atoms with van der Waals surface area (Å²) in [4.78, 5) is 1.93. The van der Waals surface area contributed by atoms with Crippen LogP contribution in [-0.2, 0) is 0 Å². The molecule has 0 aromatic heterocycles. The van der Waals surface area contributed by atoms with Gasteiger partial charge in [0.05, 0.1) is 5.60 Å². The molecule has 0 heterocycles. The number of nitrogens with one attached hydrogen (secondary N) is 1. The number of hydrogen-bond acceptors (Lipinski definition) is 5. The summed E-state index contributed by atoms with van der Waals surface area (Å²) in [5, 5.41) is 24.5. The Labute approximate surface area is 97.1 Å². The van der Waals surface area contributed by atoms with Crippen molar-refractivity contribution in [3.63, 3.8) is 0 Å². The van der Waals surface area contributed by atoms with Crippen LogP contribution in [0.25, 0.3) is 0 Å². The normalized spacial score (nSPS) is 18.5. The van der Waals surface area contributed by atoms with Crippen molar-refractivity contribution >= 4 is 5.84 Å². The molecule has 0 amide bonds. The van der Waals surface area contributed by atoms with E-state index in [1.165, 1.54) is 0 Å². The molecular formula is C10H24N4O2. The summed E-state index contributed by atoms with van der Waals surface area (Å²) in [6.45, 7) is 4.74. The van der Waals surface area contributed by atoms with Crippen molar-refractivity contribution in [2.24, 2.45) is 10.9 Å². The van der Waals surface area contributed by atoms with Gasteiger partial charge in [0.15, 0.2) is 0 Å². The van der Waals surface area contributed by atoms with Gasteiger partial charge in [0, 0.05) is 25.6 Å². The summed E-state index contributed by atoms with van der Waals surface area (Å²) in [5.41, 5.74) is 4.59. The Bertz CT molecular complexity index is 229. The molecule has 5 N–H and O–H groups in total. The van der Waals surface area contributed by atoms with E-state index >= 15 is 0 Å². The lowest BCUT2D eigenvalue weighted by atomic mass is 10.1. The lowest BCUT2D eigenvalue weighted by Crippen LogP contribution is -2.48. The molecule has 6 nitrogen and oxygen atoms in total. The fourth-order valence-corrected chi connectivity index (χ4v) is 1.56. The van der Waals surface area contributed by atoms with Crippen molar-refractivity contribution in [3.05, 3.63) is 0 Å². The quantitative estimate of drug-likeness (QED) is 0.204. The Morgan fingerprint density at radius 2 is 2.12 bits per heavy atom. The molecule has 0 rings (SSSR count). The lowest BCUT2D eigenvalue weighted by Gasteiger charge is -2.28. The molecule has 96 valence electrons. The van der Waals surface area contributed by atoms with E-state index in [4.69, 9.17) is 10.9 Å². The minimum Gasteiger partial charge on any atom is -0.409 e. The van der Waals surface area contributed by atoms with Crippen molar-refractivity contribution < 1.29 is 10.3 Å². The molecule has 0 aromatic carbocycles. The van der Waals surface area contributed by atoms with Crippen LogP contribution in [0.5, 0.6) is 0 Å². The van der Waals surface area contributed by atoms with Crippen molar-refractivity contribution in [3.8, 4) is 0 Å². The molecule has 0 aromatic rings. The minimum absolute atomic E-state index is 0.0598. The zero-order valence-corrected chi connectivity index (χ0v) is 10.6. The lowest BCUT2D eigenvalue weighted by molar-refractivity contribution is 0.0319. The largest absolute Gasteiger partial charge is 0.409 e. The average Bonchev–Trinajstić information content (AvgIpc) is 2.13. The zero-order valence-electron chi connectivity index (χ0n) is 10.6. The SMILES string of the molecule is CC(CC(N)=NO)NCC(C)(O)CN(C)C. The number of nitrogens with two attached hydrogens (primary N) is 1. The summed E-state index contributed by atoms with van der Waals surface area (Å²) in [5.74, 6) is 0.187. The van der Waals surface area contributed by atoms with E-state index in [2.05, 4.69) is 10.5 Å². The van der Waals surface area contributed by atoms with Gasteiger partial charge in [-0.1, -0.05) is 5.16 Å². The fraction of sp³-hybridized carbons (Fsp3) is 0.900. The third-order valence-electron chi connectivity index (χ3n) is 2.13. The number of oxime groups is 1. The summed E-state index contributed by atoms with van der Waals surface area (Å²) in [6, 6.07) is 0.0598. The van der Waals surface area contributed by atoms with Gasteiger partial charge >= 0.3 is 0 Å². The van der Waals surface area contributed by atoms with Crippen LogP contribution in [0, 0.1) is 0 Å². The number of rotatable bonds is 7. The van der Waals surface area contributed by atoms with Crippen LogP contribution in [0.2, 0.25) is 0 Å². The van der Waals surface area contributed by atoms with Crippen LogP contribution < -0.4 is 11.1 Å². The Hall–Kier alpha value is -0.850. The maximum Gasteiger partial charge on any atom is 0.140 e. The topological polar surface area (TPSA) is 94.1 Å². The van der Waals surface area contributed by atoms with E-state index in [-0.39, 0.29) is 11.9 Å². The molecule has 6 heteroatoms. The highest BCUT2D eigenvalue weighted by atomic mass is 16.4. The first-order chi connectivity index (χ1) is 7.26. The van der Waals surface area contributed by atoms with Gasteiger partial charge < -0.3 is 26.3 Å². The first-order valence-electron chi connectivity index (χ1n) is 5.34. The highest BCUT2D eigenvalue weighted by molar-refractivity contribution is 5.80. The second kappa shape index (κ2) is 6.67. The van der Waals surface area contributed by atoms with E-state index in [9.17, 15) is 5.11 Å². The van der Waals surface area contributed by atoms with Gasteiger partial charge in [-0.2, -0.15) is 0 Å². The van der Waals surface area contributed by atoms with Gasteiger partial charge in [0.2, 0.25) is 0 Å². The summed E-state index contributed by atoms with van der Waals surface area (Å²) in [6.07, 6.45) is 0.453. The van der Waals surface area contributed by atoms with Gasteiger partial charge in [-0.3, -0.25) is 0 Å². The van der Waals surface area contributed by atoms with Crippen molar-refractivity contribution in [1.29, 1.82) is 0 Å². The molecule has 0 saturated heterocycles. The molecule has 2 unspecified atom stereocenters. The Kier molecular flexibility index (Phi) is 6.32. The van der Waals surface area contributed by atoms with E-state index in [1.54, 1.807) is 6.92 Å². The molecule has 0 bridgehead atoms. The molecule has 0 radical (unpaired) electrons. The predicted octanol–water partition coefficient (Wildman–Crippen LogP) is -0.586. The molecule has 0 spiro atoms. The number of nitrogens with zero attached hydrogens (tertiary/aromatic N) is 2. The first kappa shape index (κ1) is 15.2. The molecular weight excluding hydrogens is 208 g/mol. The van der Waals surface area contributed by atoms with Crippen LogP contribution in [0.1, 0.15) is 20.3 Å². The Balaban J connectivity index is 3.94. The van der Waals surface area contributed by atoms with E-state index in [1.807, 2.05) is 25.9 Å². The summed E-state index contributed by atoms with van der Waals surface area (Å²) < 4.78 is 0. The third kappa shape index (κ3) is 7.44. The third-order valence-corrected chi connectivity index (χ3v) is 2.13. The molecule has 16 heavy (non-hydrogen) atoms. The molecule has 0 fully saturated rings. The summed E-state index contributed by atoms with van der Waals surface area (Å²) >= 11 is 0. The average molecular weight is 232 g/mol.